The van der Waals surface area contributed by atoms with Crippen molar-refractivity contribution in [3.8, 4) is 5.75 Å². The summed E-state index contributed by atoms with van der Waals surface area (Å²) >= 11 is 0. The maximum atomic E-state index is 12.7. The molecule has 3 aromatic rings. The molecule has 8 heteroatoms. The van der Waals surface area contributed by atoms with Gasteiger partial charge in [0.25, 0.3) is 11.8 Å². The molecule has 0 unspecified atom stereocenters. The molecular formula is C26H29N5O3. The van der Waals surface area contributed by atoms with E-state index in [1.807, 2.05) is 42.1 Å². The molecule has 0 atom stereocenters. The highest BCUT2D eigenvalue weighted by Crippen LogP contribution is 2.34. The summed E-state index contributed by atoms with van der Waals surface area (Å²) in [4.78, 5) is 29.1. The molecule has 2 amide bonds. The predicted molar refractivity (Wildman–Crippen MR) is 131 cm³/mol. The van der Waals surface area contributed by atoms with E-state index in [9.17, 15) is 9.59 Å². The molecule has 1 N–H and O–H groups in total. The molecule has 0 radical (unpaired) electrons. The van der Waals surface area contributed by atoms with Crippen LogP contribution in [0.1, 0.15) is 46.0 Å². The van der Waals surface area contributed by atoms with E-state index in [0.29, 0.717) is 18.0 Å². The normalized spacial score (nSPS) is 14.7. The number of hydrogen-bond donors (Lipinski definition) is 1. The number of amides is 2. The van der Waals surface area contributed by atoms with Crippen LogP contribution < -0.4 is 15.0 Å². The molecule has 0 spiro atoms. The Balaban J connectivity index is 1.28. The Hall–Kier alpha value is -3.81. The molecule has 8 nitrogen and oxygen atoms in total. The van der Waals surface area contributed by atoms with Gasteiger partial charge >= 0.3 is 0 Å². The minimum absolute atomic E-state index is 0.0739. The molecule has 176 valence electrons. The predicted octanol–water partition coefficient (Wildman–Crippen LogP) is 4.09. The van der Waals surface area contributed by atoms with Crippen molar-refractivity contribution in [1.29, 1.82) is 0 Å². The summed E-state index contributed by atoms with van der Waals surface area (Å²) in [5.74, 6) is 2.07. The minimum Gasteiger partial charge on any atom is -0.494 e. The summed E-state index contributed by atoms with van der Waals surface area (Å²) in [6, 6.07) is 15.1. The van der Waals surface area contributed by atoms with Crippen LogP contribution in [0.5, 0.6) is 5.75 Å². The zero-order valence-electron chi connectivity index (χ0n) is 19.6. The monoisotopic (exact) mass is 459 g/mol. The number of benzene rings is 2. The number of nitrogens with zero attached hydrogens (tertiary/aromatic N) is 4. The van der Waals surface area contributed by atoms with E-state index in [0.717, 1.165) is 67.3 Å². The molecule has 3 heterocycles. The van der Waals surface area contributed by atoms with Crippen molar-refractivity contribution >= 4 is 29.1 Å². The molecule has 0 bridgehead atoms. The molecule has 0 saturated heterocycles. The first-order valence-corrected chi connectivity index (χ1v) is 11.8. The van der Waals surface area contributed by atoms with E-state index in [1.165, 1.54) is 0 Å². The molecule has 2 aliphatic heterocycles. The highest BCUT2D eigenvalue weighted by atomic mass is 16.5. The summed E-state index contributed by atoms with van der Waals surface area (Å²) in [6.45, 7) is 5.05. The first-order valence-electron chi connectivity index (χ1n) is 11.8. The van der Waals surface area contributed by atoms with Crippen LogP contribution in [0.25, 0.3) is 0 Å². The lowest BCUT2D eigenvalue weighted by Crippen LogP contribution is -2.34. The second-order valence-electron chi connectivity index (χ2n) is 8.76. The van der Waals surface area contributed by atoms with E-state index in [2.05, 4.69) is 28.3 Å². The number of fused-ring (bicyclic) bond motifs is 2. The quantitative estimate of drug-likeness (QED) is 0.538. The van der Waals surface area contributed by atoms with Gasteiger partial charge in [0.1, 0.15) is 11.6 Å². The topological polar surface area (TPSA) is 79.7 Å². The van der Waals surface area contributed by atoms with Gasteiger partial charge < -0.3 is 19.9 Å². The number of carbonyl (C=O) groups excluding carboxylic acids is 2. The number of rotatable bonds is 7. The van der Waals surface area contributed by atoms with Crippen molar-refractivity contribution in [1.82, 2.24) is 14.7 Å². The number of unbranched alkanes of at least 4 members (excludes halogenated alkanes) is 1. The lowest BCUT2D eigenvalue weighted by molar-refractivity contribution is 0.0780. The van der Waals surface area contributed by atoms with E-state index in [4.69, 9.17) is 4.74 Å². The van der Waals surface area contributed by atoms with Gasteiger partial charge in [-0.25, -0.2) is 4.68 Å². The molecule has 2 aliphatic rings. The largest absolute Gasteiger partial charge is 0.494 e. The Labute approximate surface area is 199 Å². The molecule has 2 aromatic carbocycles. The number of aromatic nitrogens is 2. The van der Waals surface area contributed by atoms with Gasteiger partial charge in [0.2, 0.25) is 0 Å². The molecule has 5 rings (SSSR count). The molecule has 1 aromatic heterocycles. The lowest BCUT2D eigenvalue weighted by atomic mass is 9.98. The number of nitrogens with one attached hydrogen (secondary N) is 1. The fraction of sp³-hybridized carbons (Fsp3) is 0.346. The molecule has 0 saturated carbocycles. The fourth-order valence-electron chi connectivity index (χ4n) is 4.40. The second-order valence-corrected chi connectivity index (χ2v) is 8.76. The van der Waals surface area contributed by atoms with Crippen LogP contribution in [-0.4, -0.2) is 53.2 Å². The van der Waals surface area contributed by atoms with Gasteiger partial charge in [-0.05, 0) is 60.9 Å². The zero-order valence-corrected chi connectivity index (χ0v) is 19.6. The van der Waals surface area contributed by atoms with Crippen LogP contribution in [0.4, 0.5) is 17.3 Å². The highest BCUT2D eigenvalue weighted by molar-refractivity contribution is 6.04. The van der Waals surface area contributed by atoms with Crippen LogP contribution in [0, 0.1) is 0 Å². The van der Waals surface area contributed by atoms with Crippen molar-refractivity contribution in [2.24, 2.45) is 0 Å². The Kier molecular flexibility index (Phi) is 5.96. The SMILES string of the molecule is CCCCOc1ccc(C(=O)Nc2cc3n(n2)CCN3c2ccc3c(c2)CCN(C)C3=O)cc1. The van der Waals surface area contributed by atoms with E-state index in [-0.39, 0.29) is 11.8 Å². The van der Waals surface area contributed by atoms with Crippen LogP contribution in [0.2, 0.25) is 0 Å². The molecule has 0 fully saturated rings. The Morgan fingerprint density at radius 3 is 2.71 bits per heavy atom. The smallest absolute Gasteiger partial charge is 0.256 e. The average molecular weight is 460 g/mol. The molecular weight excluding hydrogens is 430 g/mol. The number of likely N-dealkylation sites (N-methyl/N-ethyl adjacent to an activating group) is 1. The van der Waals surface area contributed by atoms with Crippen LogP contribution in [0.3, 0.4) is 0 Å². The van der Waals surface area contributed by atoms with Crippen molar-refractivity contribution in [3.05, 3.63) is 65.2 Å². The molecule has 0 aliphatic carbocycles. The van der Waals surface area contributed by atoms with Gasteiger partial charge in [-0.2, -0.15) is 5.10 Å². The fourth-order valence-corrected chi connectivity index (χ4v) is 4.40. The van der Waals surface area contributed by atoms with Crippen LogP contribution in [0.15, 0.2) is 48.5 Å². The average Bonchev–Trinajstić information content (AvgIpc) is 3.42. The summed E-state index contributed by atoms with van der Waals surface area (Å²) < 4.78 is 7.57. The second kappa shape index (κ2) is 9.21. The zero-order chi connectivity index (χ0) is 23.7. The van der Waals surface area contributed by atoms with Gasteiger partial charge in [-0.1, -0.05) is 13.3 Å². The maximum Gasteiger partial charge on any atom is 0.256 e. The van der Waals surface area contributed by atoms with Gasteiger partial charge in [-0.15, -0.1) is 0 Å². The number of hydrogen-bond acceptors (Lipinski definition) is 5. The number of ether oxygens (including phenoxy) is 1. The van der Waals surface area contributed by atoms with Gasteiger partial charge in [0, 0.05) is 43.0 Å². The van der Waals surface area contributed by atoms with Crippen LogP contribution in [-0.2, 0) is 13.0 Å². The first-order chi connectivity index (χ1) is 16.5. The molecule has 34 heavy (non-hydrogen) atoms. The van der Waals surface area contributed by atoms with Crippen molar-refractivity contribution in [3.63, 3.8) is 0 Å². The van der Waals surface area contributed by atoms with Crippen LogP contribution >= 0.6 is 0 Å². The number of anilines is 3. The van der Waals surface area contributed by atoms with Crippen molar-refractivity contribution < 1.29 is 14.3 Å². The third-order valence-corrected chi connectivity index (χ3v) is 6.39. The van der Waals surface area contributed by atoms with E-state index < -0.39 is 0 Å². The summed E-state index contributed by atoms with van der Waals surface area (Å²) in [5.41, 5.74) is 3.44. The third kappa shape index (κ3) is 4.23. The third-order valence-electron chi connectivity index (χ3n) is 6.39. The first kappa shape index (κ1) is 22.0. The maximum absolute atomic E-state index is 12.7. The number of carbonyl (C=O) groups is 2. The highest BCUT2D eigenvalue weighted by Gasteiger charge is 2.26. The van der Waals surface area contributed by atoms with Crippen molar-refractivity contribution in [2.75, 3.05) is 37.0 Å². The van der Waals surface area contributed by atoms with E-state index >= 15 is 0 Å². The lowest BCUT2D eigenvalue weighted by Gasteiger charge is -2.26. The summed E-state index contributed by atoms with van der Waals surface area (Å²) in [6.07, 6.45) is 2.93. The Morgan fingerprint density at radius 1 is 1.09 bits per heavy atom. The van der Waals surface area contributed by atoms with Gasteiger partial charge in [-0.3, -0.25) is 9.59 Å². The summed E-state index contributed by atoms with van der Waals surface area (Å²) in [7, 11) is 1.84. The van der Waals surface area contributed by atoms with Crippen molar-refractivity contribution in [2.45, 2.75) is 32.7 Å². The van der Waals surface area contributed by atoms with Gasteiger partial charge in [0.05, 0.1) is 13.2 Å². The summed E-state index contributed by atoms with van der Waals surface area (Å²) in [5, 5.41) is 7.47. The Bertz CT molecular complexity index is 1220. The standard InChI is InChI=1S/C26H29N5O3/c1-3-4-15-34-21-8-5-18(6-9-21)25(32)27-23-17-24-30(13-14-31(24)28-23)20-7-10-22-19(16-20)11-12-29(2)26(22)33/h5-10,16-17H,3-4,11-15H2,1-2H3,(H,27,28,32). The van der Waals surface area contributed by atoms with Gasteiger partial charge in [0.15, 0.2) is 5.82 Å². The Morgan fingerprint density at radius 2 is 1.91 bits per heavy atom. The minimum atomic E-state index is -0.208. The van der Waals surface area contributed by atoms with E-state index in [1.54, 1.807) is 17.0 Å².